The highest BCUT2D eigenvalue weighted by atomic mass is 16.5. The lowest BCUT2D eigenvalue weighted by molar-refractivity contribution is -0.149. The second-order valence-electron chi connectivity index (χ2n) is 6.26. The topological polar surface area (TPSA) is 75.6 Å². The first-order valence-electron chi connectivity index (χ1n) is 8.52. The van der Waals surface area contributed by atoms with E-state index >= 15 is 0 Å². The molecule has 0 aromatic heterocycles. The molecule has 0 saturated carbocycles. The number of amides is 1. The van der Waals surface area contributed by atoms with Crippen molar-refractivity contribution >= 4 is 11.9 Å². The molecule has 2 N–H and O–H groups in total. The number of ether oxygens (including phenoxy) is 1. The van der Waals surface area contributed by atoms with E-state index in [0.717, 1.165) is 19.3 Å². The largest absolute Gasteiger partial charge is 0.464 e. The Morgan fingerprint density at radius 3 is 2.27 bits per heavy atom. The first-order valence-corrected chi connectivity index (χ1v) is 8.52. The van der Waals surface area contributed by atoms with Crippen LogP contribution in [0.15, 0.2) is 0 Å². The Kier molecular flexibility index (Phi) is 11.8. The lowest BCUT2D eigenvalue weighted by Crippen LogP contribution is -2.45. The van der Waals surface area contributed by atoms with Gasteiger partial charge in [0.15, 0.2) is 0 Å². The van der Waals surface area contributed by atoms with Crippen LogP contribution in [-0.2, 0) is 14.3 Å². The molecule has 0 aliphatic heterocycles. The molecule has 5 heteroatoms. The monoisotopic (exact) mass is 315 g/mol. The number of unbranched alkanes of at least 4 members (excludes halogenated alkanes) is 4. The van der Waals surface area contributed by atoms with E-state index < -0.39 is 18.1 Å². The van der Waals surface area contributed by atoms with Crippen LogP contribution in [0, 0.1) is 5.92 Å². The lowest BCUT2D eigenvalue weighted by atomic mass is 10.0. The van der Waals surface area contributed by atoms with Crippen LogP contribution < -0.4 is 5.32 Å². The highest BCUT2D eigenvalue weighted by molar-refractivity contribution is 5.84. The number of carbonyl (C=O) groups excluding carboxylic acids is 2. The fourth-order valence-electron chi connectivity index (χ4n) is 2.05. The van der Waals surface area contributed by atoms with Gasteiger partial charge in [0.1, 0.15) is 6.04 Å². The summed E-state index contributed by atoms with van der Waals surface area (Å²) < 4.78 is 5.12. The van der Waals surface area contributed by atoms with E-state index in [1.54, 1.807) is 6.92 Å². The molecule has 2 unspecified atom stereocenters. The predicted octanol–water partition coefficient (Wildman–Crippen LogP) is 2.80. The third-order valence-electron chi connectivity index (χ3n) is 3.52. The van der Waals surface area contributed by atoms with Gasteiger partial charge in [-0.1, -0.05) is 46.5 Å². The molecule has 0 radical (unpaired) electrons. The average molecular weight is 315 g/mol. The molecule has 0 spiro atoms. The predicted molar refractivity (Wildman–Crippen MR) is 87.4 cm³/mol. The average Bonchev–Trinajstić information content (AvgIpc) is 2.43. The van der Waals surface area contributed by atoms with Gasteiger partial charge in [-0.15, -0.1) is 0 Å². The van der Waals surface area contributed by atoms with Crippen molar-refractivity contribution in [2.75, 3.05) is 6.61 Å². The molecule has 0 fully saturated rings. The Morgan fingerprint density at radius 2 is 1.73 bits per heavy atom. The highest BCUT2D eigenvalue weighted by Crippen LogP contribution is 2.08. The summed E-state index contributed by atoms with van der Waals surface area (Å²) in [6, 6.07) is -0.614. The van der Waals surface area contributed by atoms with Gasteiger partial charge in [-0.2, -0.15) is 0 Å². The second kappa shape index (κ2) is 12.4. The normalized spacial score (nSPS) is 13.7. The molecule has 0 aliphatic rings. The van der Waals surface area contributed by atoms with Gasteiger partial charge in [0.05, 0.1) is 12.7 Å². The maximum atomic E-state index is 12.0. The molecule has 22 heavy (non-hydrogen) atoms. The summed E-state index contributed by atoms with van der Waals surface area (Å²) >= 11 is 0. The van der Waals surface area contributed by atoms with E-state index in [2.05, 4.69) is 12.2 Å². The summed E-state index contributed by atoms with van der Waals surface area (Å²) in [4.78, 5) is 23.9. The number of rotatable bonds is 12. The minimum absolute atomic E-state index is 0.0249. The van der Waals surface area contributed by atoms with Crippen LogP contribution in [0.25, 0.3) is 0 Å². The van der Waals surface area contributed by atoms with Crippen molar-refractivity contribution < 1.29 is 19.4 Å². The molecular weight excluding hydrogens is 282 g/mol. The van der Waals surface area contributed by atoms with Gasteiger partial charge in [0.2, 0.25) is 5.91 Å². The van der Waals surface area contributed by atoms with Crippen LogP contribution in [0.3, 0.4) is 0 Å². The van der Waals surface area contributed by atoms with E-state index in [1.807, 2.05) is 13.8 Å². The van der Waals surface area contributed by atoms with Gasteiger partial charge < -0.3 is 15.2 Å². The maximum Gasteiger partial charge on any atom is 0.328 e. The SMILES string of the molecule is CCCCCCCC(=O)NC(C(=O)OCCC(C)O)C(C)C. The van der Waals surface area contributed by atoms with E-state index in [9.17, 15) is 9.59 Å². The summed E-state index contributed by atoms with van der Waals surface area (Å²) in [6.07, 6.45) is 5.79. The van der Waals surface area contributed by atoms with E-state index in [0.29, 0.717) is 12.8 Å². The Hall–Kier alpha value is -1.10. The van der Waals surface area contributed by atoms with Crippen molar-refractivity contribution in [3.8, 4) is 0 Å². The van der Waals surface area contributed by atoms with Gasteiger partial charge in [-0.25, -0.2) is 4.79 Å². The Balaban J connectivity index is 4.11. The zero-order valence-electron chi connectivity index (χ0n) is 14.6. The Bertz CT molecular complexity index is 316. The number of aliphatic hydroxyl groups excluding tert-OH is 1. The standard InChI is InChI=1S/C17H33NO4/c1-5-6-7-8-9-10-15(20)18-16(13(2)3)17(21)22-12-11-14(4)19/h13-14,16,19H,5-12H2,1-4H3,(H,18,20). The minimum atomic E-state index is -0.614. The van der Waals surface area contributed by atoms with Gasteiger partial charge in [0.25, 0.3) is 0 Å². The summed E-state index contributed by atoms with van der Waals surface area (Å²) in [5.41, 5.74) is 0. The number of esters is 1. The van der Waals surface area contributed by atoms with Gasteiger partial charge in [-0.3, -0.25) is 4.79 Å². The van der Waals surface area contributed by atoms with Crippen molar-refractivity contribution in [1.82, 2.24) is 5.32 Å². The maximum absolute atomic E-state index is 12.0. The molecule has 5 nitrogen and oxygen atoms in total. The summed E-state index contributed by atoms with van der Waals surface area (Å²) in [5.74, 6) is -0.541. The molecule has 2 atom stereocenters. The number of hydrogen-bond donors (Lipinski definition) is 2. The van der Waals surface area contributed by atoms with Crippen molar-refractivity contribution in [2.24, 2.45) is 5.92 Å². The van der Waals surface area contributed by atoms with Gasteiger partial charge >= 0.3 is 5.97 Å². The van der Waals surface area contributed by atoms with E-state index in [-0.39, 0.29) is 18.4 Å². The Labute approximate surface area is 134 Å². The quantitative estimate of drug-likeness (QED) is 0.429. The lowest BCUT2D eigenvalue weighted by Gasteiger charge is -2.21. The molecule has 0 aromatic carbocycles. The van der Waals surface area contributed by atoms with Crippen molar-refractivity contribution in [1.29, 1.82) is 0 Å². The Morgan fingerprint density at radius 1 is 1.09 bits per heavy atom. The van der Waals surface area contributed by atoms with Crippen LogP contribution in [0.4, 0.5) is 0 Å². The van der Waals surface area contributed by atoms with Crippen LogP contribution in [0.5, 0.6) is 0 Å². The molecule has 0 aliphatic carbocycles. The minimum Gasteiger partial charge on any atom is -0.464 e. The smallest absolute Gasteiger partial charge is 0.328 e. The van der Waals surface area contributed by atoms with E-state index in [1.165, 1.54) is 12.8 Å². The third-order valence-corrected chi connectivity index (χ3v) is 3.52. The van der Waals surface area contributed by atoms with Gasteiger partial charge in [0, 0.05) is 12.8 Å². The zero-order valence-corrected chi connectivity index (χ0v) is 14.6. The highest BCUT2D eigenvalue weighted by Gasteiger charge is 2.25. The van der Waals surface area contributed by atoms with Crippen LogP contribution >= 0.6 is 0 Å². The van der Waals surface area contributed by atoms with Crippen molar-refractivity contribution in [3.05, 3.63) is 0 Å². The molecule has 0 saturated heterocycles. The molecule has 0 bridgehead atoms. The molecule has 0 rings (SSSR count). The zero-order chi connectivity index (χ0) is 17.0. The van der Waals surface area contributed by atoms with E-state index in [4.69, 9.17) is 9.84 Å². The molecule has 0 aromatic rings. The van der Waals surface area contributed by atoms with Crippen molar-refractivity contribution in [3.63, 3.8) is 0 Å². The summed E-state index contributed by atoms with van der Waals surface area (Å²) in [6.45, 7) is 7.73. The summed E-state index contributed by atoms with van der Waals surface area (Å²) in [7, 11) is 0. The van der Waals surface area contributed by atoms with Crippen molar-refractivity contribution in [2.45, 2.75) is 84.8 Å². The fourth-order valence-corrected chi connectivity index (χ4v) is 2.05. The van der Waals surface area contributed by atoms with Crippen LogP contribution in [-0.4, -0.2) is 35.7 Å². The molecule has 0 heterocycles. The second-order valence-corrected chi connectivity index (χ2v) is 6.26. The number of hydrogen-bond acceptors (Lipinski definition) is 4. The number of nitrogens with one attached hydrogen (secondary N) is 1. The third kappa shape index (κ3) is 10.6. The molecule has 130 valence electrons. The fraction of sp³-hybridized carbons (Fsp3) is 0.882. The molecule has 1 amide bonds. The van der Waals surface area contributed by atoms with Crippen LogP contribution in [0.1, 0.15) is 72.6 Å². The van der Waals surface area contributed by atoms with Gasteiger partial charge in [-0.05, 0) is 19.3 Å². The summed E-state index contributed by atoms with van der Waals surface area (Å²) in [5, 5.41) is 11.9. The molecular formula is C17H33NO4. The first kappa shape index (κ1) is 20.9. The first-order chi connectivity index (χ1) is 10.4. The number of aliphatic hydroxyl groups is 1. The van der Waals surface area contributed by atoms with Crippen LogP contribution in [0.2, 0.25) is 0 Å². The number of carbonyl (C=O) groups is 2.